The molecule has 0 aromatic heterocycles. The zero-order valence-electron chi connectivity index (χ0n) is 79.0. The van der Waals surface area contributed by atoms with Gasteiger partial charge >= 0.3 is 18.0 Å². The number of benzene rings is 5. The van der Waals surface area contributed by atoms with Gasteiger partial charge in [0.25, 0.3) is 0 Å². The summed E-state index contributed by atoms with van der Waals surface area (Å²) in [7, 11) is 1.64. The van der Waals surface area contributed by atoms with Crippen LogP contribution in [-0.2, 0) is 115 Å². The van der Waals surface area contributed by atoms with E-state index in [0.29, 0.717) is 152 Å². The maximum Gasteiger partial charge on any atom is 0.414 e. The number of fused-ring (bicyclic) bond motifs is 12. The molecule has 15 unspecified atom stereocenters. The second kappa shape index (κ2) is 41.1. The molecule has 5 aromatic rings. The second-order valence-electron chi connectivity index (χ2n) is 40.6. The number of carbonyl (C=O) groups is 5. The molecule has 31 nitrogen and oxygen atoms in total. The van der Waals surface area contributed by atoms with E-state index >= 15 is 0 Å². The number of amides is 2. The van der Waals surface area contributed by atoms with Crippen molar-refractivity contribution in [1.82, 2.24) is 14.9 Å². The van der Waals surface area contributed by atoms with Crippen LogP contribution < -0.4 is 39.5 Å². The average Bonchev–Trinajstić information content (AvgIpc) is 1.29. The highest BCUT2D eigenvalue weighted by Crippen LogP contribution is 2.60. The maximum absolute atomic E-state index is 13.4. The second-order valence-corrected chi connectivity index (χ2v) is 49.0. The average molecular weight is 2280 g/mol. The van der Waals surface area contributed by atoms with E-state index in [0.717, 1.165) is 94.6 Å². The molecule has 10 fully saturated rings. The van der Waals surface area contributed by atoms with E-state index in [2.05, 4.69) is 89.7 Å². The SMILES string of the molecule is CC(C)(C)S(=O)N=C1c2cc(Br)ccc2OC2CC3(CCC12)OCCO3.CN1C(=O)CC2(N=C1NC(=O)OC(C)(C)C)c1cc(Br)ccc1OC1CC3(CCC12)OCCO3.COC(=O)CC1(N)c2cc(Br)ccc2OC2CC3(CCC21)OCCO3.COC(=O)CC1(NS(=O)C(C)(C)C)c2cc(Br)ccc2OC2CC3(CCC21)OCCO3.Cl.O=C1c2cc(Br)ccc2OC2CC3(CCC12)OCCO3. The Balaban J connectivity index is 0.000000125. The van der Waals surface area contributed by atoms with Gasteiger partial charge in [0.1, 0.15) is 81.4 Å². The molecular weight excluding hydrogens is 2160 g/mol. The molecule has 5 aromatic carbocycles. The summed E-state index contributed by atoms with van der Waals surface area (Å²) in [6.07, 6.45) is 9.34. The summed E-state index contributed by atoms with van der Waals surface area (Å²) in [4.78, 5) is 69.8. The molecule has 39 heteroatoms. The van der Waals surface area contributed by atoms with E-state index < -0.39 is 88.7 Å². The normalized spacial score (nSPS) is 30.4. The van der Waals surface area contributed by atoms with Crippen LogP contribution in [-0.4, -0.2) is 217 Å². The smallest absolute Gasteiger partial charge is 0.414 e. The standard InChI is InChI=1S/C24H30BrN3O6.C22H30BrNO6S.C19H24BrNO4S.C18H22BrNO5.C15H15BrO4.ClH/c1-22(2,3)34-21(30)26-20-27-24(13-19(29)28(20)4)15-7-8-23(31-9-10-32-23)12-18(15)33-17-6-5-14(25)11-16(17)24;1-20(2,3)31(26)24-22(13-19(25)27-4)15-7-8-21(28-9-10-29-21)12-18(15)30-17-6-5-14(23)11-16(17)22;1-18(2,3)26(22)21-17-13-6-7-19(23-8-9-24-19)11-16(13)25-15-5-4-12(20)10-14(15)17;1-22-16(21)10-18(20)12-4-5-17(23-6-7-24-17)9-15(12)25-14-3-2-11(19)8-13(14)18;16-9-1-2-12-11(7-9)14(17)10-3-4-15(8-13(10)20-12)18-5-6-19-15;/h5-6,11,15,18H,7-10,12-13H2,1-4H3,(H,26,27,30);5-6,11,15,18,24H,7-10,12-13H2,1-4H3;4-5,10,13,16H,6-9,11H2,1-3H3;2-3,8,12,15H,4-7,9-10,20H2,1H3;1-2,7,10,13H,3-6,8H2;1H. The topological polar surface area (TPSA) is 364 Å². The first-order valence-corrected chi connectivity index (χ1v) is 53.0. The molecule has 2 amide bonds. The minimum absolute atomic E-state index is 0. The van der Waals surface area contributed by atoms with Gasteiger partial charge in [-0.05, 0) is 185 Å². The predicted octanol–water partition coefficient (Wildman–Crippen LogP) is 17.1. The number of ether oxygens (including phenoxy) is 18. The molecule has 0 radical (unpaired) electrons. The lowest BCUT2D eigenvalue weighted by Crippen LogP contribution is -2.62. The number of hydrogen-bond acceptors (Lipinski definition) is 27. The molecule has 137 heavy (non-hydrogen) atoms. The molecule has 5 aliphatic carbocycles. The molecule has 5 saturated carbocycles. The zero-order valence-corrected chi connectivity index (χ0v) is 89.4. The Labute approximate surface area is 852 Å². The van der Waals surface area contributed by atoms with Gasteiger partial charge in [0, 0.05) is 140 Å². The first kappa shape index (κ1) is 104. The highest BCUT2D eigenvalue weighted by molar-refractivity contribution is 9.11. The van der Waals surface area contributed by atoms with Gasteiger partial charge in [-0.25, -0.2) is 22.9 Å². The molecule has 0 bridgehead atoms. The Morgan fingerprint density at radius 2 is 0.854 bits per heavy atom. The predicted molar refractivity (Wildman–Crippen MR) is 526 cm³/mol. The molecule has 4 N–H and O–H groups in total. The molecule has 11 heterocycles. The monoisotopic (exact) mass is 2280 g/mol. The van der Waals surface area contributed by atoms with Crippen molar-refractivity contribution in [2.45, 2.75) is 269 Å². The van der Waals surface area contributed by atoms with Crippen molar-refractivity contribution in [1.29, 1.82) is 0 Å². The van der Waals surface area contributed by atoms with Gasteiger partial charge in [-0.3, -0.25) is 29.4 Å². The summed E-state index contributed by atoms with van der Waals surface area (Å²) in [6, 6.07) is 28.8. The number of rotatable bonds is 7. The number of methoxy groups -OCH3 is 2. The lowest BCUT2D eigenvalue weighted by molar-refractivity contribution is -0.211. The maximum atomic E-state index is 13.4. The minimum atomic E-state index is -1.42. The zero-order chi connectivity index (χ0) is 96.7. The number of hydrogen-bond donors (Lipinski definition) is 3. The van der Waals surface area contributed by atoms with Gasteiger partial charge in [0.2, 0.25) is 11.9 Å². The molecule has 16 aliphatic rings. The van der Waals surface area contributed by atoms with Crippen LogP contribution >= 0.6 is 92.1 Å². The first-order valence-electron chi connectivity index (χ1n) is 46.7. The van der Waals surface area contributed by atoms with Crippen molar-refractivity contribution in [3.63, 3.8) is 0 Å². The minimum Gasteiger partial charge on any atom is -0.489 e. The lowest BCUT2D eigenvalue weighted by atomic mass is 9.64. The molecular formula is C98H122Br5ClN6O25S2. The fourth-order valence-electron chi connectivity index (χ4n) is 22.1. The number of nitrogens with two attached hydrogens (primary N) is 1. The van der Waals surface area contributed by atoms with E-state index in [1.54, 1.807) is 27.8 Å². The van der Waals surface area contributed by atoms with Crippen LogP contribution in [0, 0.1) is 29.6 Å². The third-order valence-corrected chi connectivity index (χ3v) is 34.2. The van der Waals surface area contributed by atoms with Gasteiger partial charge in [-0.2, -0.15) is 4.40 Å². The number of nitrogens with one attached hydrogen (secondary N) is 2. The Bertz CT molecular complexity index is 5480. The number of guanidine groups is 1. The highest BCUT2D eigenvalue weighted by atomic mass is 79.9. The van der Waals surface area contributed by atoms with Crippen LogP contribution in [0.15, 0.2) is 123 Å². The van der Waals surface area contributed by atoms with E-state index in [-0.39, 0.29) is 121 Å². The number of halogens is 6. The number of esters is 2. The summed E-state index contributed by atoms with van der Waals surface area (Å²) < 4.78 is 144. The number of nitrogens with zero attached hydrogens (tertiary/aromatic N) is 3. The number of aliphatic imine (C=N–C) groups is 1. The summed E-state index contributed by atoms with van der Waals surface area (Å²) in [5, 5.41) is 2.71. The van der Waals surface area contributed by atoms with Crippen molar-refractivity contribution in [2.24, 2.45) is 44.7 Å². The number of alkyl carbamates (subject to hydrolysis) is 1. The number of carbonyl (C=O) groups excluding carboxylic acids is 5. The highest BCUT2D eigenvalue weighted by Gasteiger charge is 2.63. The van der Waals surface area contributed by atoms with Gasteiger partial charge in [-0.1, -0.05) is 79.6 Å². The van der Waals surface area contributed by atoms with E-state index in [1.165, 1.54) is 19.1 Å². The first-order chi connectivity index (χ1) is 64.5. The summed E-state index contributed by atoms with van der Waals surface area (Å²) in [6.45, 7) is 23.0. The summed E-state index contributed by atoms with van der Waals surface area (Å²) in [5.74, 6) is -0.0354. The van der Waals surface area contributed by atoms with Crippen molar-refractivity contribution >= 4 is 155 Å². The van der Waals surface area contributed by atoms with Gasteiger partial charge < -0.3 is 91.0 Å². The fourth-order valence-corrected chi connectivity index (χ4v) is 25.6. The van der Waals surface area contributed by atoms with Crippen LogP contribution in [0.3, 0.4) is 0 Å². The van der Waals surface area contributed by atoms with Crippen LogP contribution in [0.2, 0.25) is 0 Å². The van der Waals surface area contributed by atoms with Gasteiger partial charge in [0.15, 0.2) is 34.7 Å². The largest absolute Gasteiger partial charge is 0.489 e. The van der Waals surface area contributed by atoms with Crippen LogP contribution in [0.25, 0.3) is 0 Å². The van der Waals surface area contributed by atoms with Crippen LogP contribution in [0.1, 0.15) is 211 Å². The Hall–Kier alpha value is -5.70. The van der Waals surface area contributed by atoms with Crippen LogP contribution in [0.5, 0.6) is 28.7 Å². The molecule has 21 rings (SSSR count). The van der Waals surface area contributed by atoms with Crippen molar-refractivity contribution in [3.8, 4) is 28.7 Å². The van der Waals surface area contributed by atoms with E-state index in [1.807, 2.05) is 133 Å². The van der Waals surface area contributed by atoms with Crippen molar-refractivity contribution in [3.05, 3.63) is 141 Å². The van der Waals surface area contributed by atoms with E-state index in [4.69, 9.17) is 100 Å². The molecule has 5 saturated heterocycles. The molecule has 15 atom stereocenters. The third-order valence-electron chi connectivity index (χ3n) is 28.6. The van der Waals surface area contributed by atoms with E-state index in [9.17, 15) is 32.4 Å². The Morgan fingerprint density at radius 3 is 1.33 bits per heavy atom. The third kappa shape index (κ3) is 21.9. The summed E-state index contributed by atoms with van der Waals surface area (Å²) in [5.41, 5.74) is 8.55. The molecule has 11 aliphatic heterocycles. The van der Waals surface area contributed by atoms with Crippen LogP contribution in [0.4, 0.5) is 4.79 Å². The Morgan fingerprint density at radius 1 is 0.482 bits per heavy atom. The number of Topliss-reactive ketones (excluding diaryl/α,β-unsaturated/α-hetero) is 1. The molecule has 6 spiro atoms. The van der Waals surface area contributed by atoms with Gasteiger partial charge in [-0.15, -0.1) is 12.4 Å². The number of ketones is 1. The quantitative estimate of drug-likeness (QED) is 0.101. The lowest BCUT2D eigenvalue weighted by Gasteiger charge is -2.53. The Kier molecular flexibility index (Phi) is 31.2. The van der Waals surface area contributed by atoms with Crippen molar-refractivity contribution in [2.75, 3.05) is 87.3 Å². The van der Waals surface area contributed by atoms with Crippen molar-refractivity contribution < 1.29 is 118 Å². The summed E-state index contributed by atoms with van der Waals surface area (Å²) >= 11 is 17.6. The molecule has 748 valence electrons. The fraction of sp³-hybridized carbons (Fsp3) is 0.622. The van der Waals surface area contributed by atoms with Gasteiger partial charge in [0.05, 0.1) is 148 Å².